The molecular weight excluding hydrogens is 373 g/mol. The van der Waals surface area contributed by atoms with Gasteiger partial charge in [0, 0.05) is 13.0 Å². The lowest BCUT2D eigenvalue weighted by Gasteiger charge is -2.11. The summed E-state index contributed by atoms with van der Waals surface area (Å²) in [4.78, 5) is 19.3. The third-order valence-corrected chi connectivity index (χ3v) is 4.48. The lowest BCUT2D eigenvalue weighted by molar-refractivity contribution is -0.120. The number of fused-ring (bicyclic) bond motifs is 1. The van der Waals surface area contributed by atoms with Crippen molar-refractivity contribution in [2.75, 3.05) is 6.54 Å². The Morgan fingerprint density at radius 2 is 1.96 bits per heavy atom. The van der Waals surface area contributed by atoms with E-state index in [4.69, 9.17) is 0 Å². The number of imidazole rings is 1. The van der Waals surface area contributed by atoms with Crippen LogP contribution >= 0.6 is 15.9 Å². The van der Waals surface area contributed by atoms with E-state index in [1.165, 1.54) is 6.07 Å². The van der Waals surface area contributed by atoms with E-state index in [9.17, 15) is 9.18 Å². The van der Waals surface area contributed by atoms with Crippen LogP contribution in [0, 0.1) is 5.82 Å². The highest BCUT2D eigenvalue weighted by Crippen LogP contribution is 2.14. The van der Waals surface area contributed by atoms with Crippen LogP contribution in [0.4, 0.5) is 4.39 Å². The molecule has 4 nitrogen and oxygen atoms in total. The molecule has 0 aliphatic rings. The van der Waals surface area contributed by atoms with Crippen LogP contribution in [-0.2, 0) is 17.6 Å². The molecule has 0 saturated carbocycles. The summed E-state index contributed by atoms with van der Waals surface area (Å²) in [5, 5.41) is 2.85. The van der Waals surface area contributed by atoms with Crippen LogP contribution in [0.5, 0.6) is 0 Å². The van der Waals surface area contributed by atoms with Gasteiger partial charge in [-0.15, -0.1) is 0 Å². The van der Waals surface area contributed by atoms with Crippen LogP contribution in [0.25, 0.3) is 11.0 Å². The fourth-order valence-electron chi connectivity index (χ4n) is 2.49. The molecule has 24 heavy (non-hydrogen) atoms. The Labute approximate surface area is 147 Å². The summed E-state index contributed by atoms with van der Waals surface area (Å²) in [6.07, 6.45) is 0.920. The van der Waals surface area contributed by atoms with Gasteiger partial charge in [0.25, 0.3) is 0 Å². The molecule has 0 saturated heterocycles. The second-order valence-electron chi connectivity index (χ2n) is 5.50. The minimum absolute atomic E-state index is 0.158. The van der Waals surface area contributed by atoms with Crippen molar-refractivity contribution in [3.63, 3.8) is 0 Å². The highest BCUT2D eigenvalue weighted by atomic mass is 79.9. The van der Waals surface area contributed by atoms with Gasteiger partial charge in [-0.3, -0.25) is 4.79 Å². The molecule has 0 aliphatic heterocycles. The summed E-state index contributed by atoms with van der Waals surface area (Å²) in [5.41, 5.74) is 2.42. The molecule has 0 fully saturated rings. The average molecular weight is 390 g/mol. The number of hydrogen-bond donors (Lipinski definition) is 2. The van der Waals surface area contributed by atoms with Gasteiger partial charge in [-0.05, 0) is 30.2 Å². The van der Waals surface area contributed by atoms with Gasteiger partial charge in [0.05, 0.1) is 15.9 Å². The van der Waals surface area contributed by atoms with Crippen molar-refractivity contribution in [3.8, 4) is 0 Å². The predicted molar refractivity (Wildman–Crippen MR) is 95.6 cm³/mol. The SMILES string of the molecule is O=C(NCCc1nc2ccccc2[nH]1)C(Br)Cc1ccccc1F. The maximum atomic E-state index is 13.6. The number of para-hydroxylation sites is 2. The molecule has 1 atom stereocenters. The summed E-state index contributed by atoms with van der Waals surface area (Å²) >= 11 is 3.33. The van der Waals surface area contributed by atoms with Gasteiger partial charge >= 0.3 is 0 Å². The summed E-state index contributed by atoms with van der Waals surface area (Å²) in [6.45, 7) is 0.470. The quantitative estimate of drug-likeness (QED) is 0.635. The van der Waals surface area contributed by atoms with Crippen molar-refractivity contribution in [3.05, 3.63) is 65.7 Å². The van der Waals surface area contributed by atoms with Crippen molar-refractivity contribution >= 4 is 32.9 Å². The molecule has 0 spiro atoms. The monoisotopic (exact) mass is 389 g/mol. The number of benzene rings is 2. The Hall–Kier alpha value is -2.21. The number of aromatic amines is 1. The zero-order valence-corrected chi connectivity index (χ0v) is 14.5. The second kappa shape index (κ2) is 7.57. The smallest absolute Gasteiger partial charge is 0.234 e. The Balaban J connectivity index is 1.50. The fraction of sp³-hybridized carbons (Fsp3) is 0.222. The second-order valence-corrected chi connectivity index (χ2v) is 6.61. The van der Waals surface area contributed by atoms with E-state index in [0.29, 0.717) is 24.9 Å². The van der Waals surface area contributed by atoms with Crippen molar-refractivity contribution in [2.45, 2.75) is 17.7 Å². The number of aromatic nitrogens is 2. The fourth-order valence-corrected chi connectivity index (χ4v) is 3.00. The molecule has 3 rings (SSSR count). The number of halogens is 2. The number of carbonyl (C=O) groups is 1. The first-order chi connectivity index (χ1) is 11.6. The first kappa shape index (κ1) is 16.6. The Morgan fingerprint density at radius 1 is 1.21 bits per heavy atom. The van der Waals surface area contributed by atoms with Crippen molar-refractivity contribution in [1.29, 1.82) is 0 Å². The maximum absolute atomic E-state index is 13.6. The van der Waals surface area contributed by atoms with E-state index in [1.54, 1.807) is 18.2 Å². The van der Waals surface area contributed by atoms with E-state index in [-0.39, 0.29) is 11.7 Å². The van der Waals surface area contributed by atoms with E-state index in [1.807, 2.05) is 24.3 Å². The lowest BCUT2D eigenvalue weighted by Crippen LogP contribution is -2.34. The molecule has 1 amide bonds. The van der Waals surface area contributed by atoms with Crippen LogP contribution < -0.4 is 5.32 Å². The number of hydrogen-bond acceptors (Lipinski definition) is 2. The Kier molecular flexibility index (Phi) is 5.25. The minimum Gasteiger partial charge on any atom is -0.355 e. The van der Waals surface area contributed by atoms with Crippen LogP contribution in [0.2, 0.25) is 0 Å². The normalized spacial score (nSPS) is 12.2. The standard InChI is InChI=1S/C18H17BrFN3O/c19-13(11-12-5-1-2-6-14(12)20)18(24)21-10-9-17-22-15-7-3-4-8-16(15)23-17/h1-8,13H,9-11H2,(H,21,24)(H,22,23). The van der Waals surface area contributed by atoms with Gasteiger partial charge in [-0.2, -0.15) is 0 Å². The molecule has 3 aromatic rings. The van der Waals surface area contributed by atoms with Crippen LogP contribution in [-0.4, -0.2) is 27.2 Å². The molecular formula is C18H17BrFN3O. The molecule has 0 bridgehead atoms. The summed E-state index contributed by atoms with van der Waals surface area (Å²) in [6, 6.07) is 14.3. The summed E-state index contributed by atoms with van der Waals surface area (Å²) < 4.78 is 13.6. The Morgan fingerprint density at radius 3 is 2.75 bits per heavy atom. The maximum Gasteiger partial charge on any atom is 0.234 e. The highest BCUT2D eigenvalue weighted by Gasteiger charge is 2.16. The van der Waals surface area contributed by atoms with Crippen LogP contribution in [0.15, 0.2) is 48.5 Å². The molecule has 124 valence electrons. The van der Waals surface area contributed by atoms with Gasteiger partial charge in [0.15, 0.2) is 0 Å². The molecule has 2 N–H and O–H groups in total. The van der Waals surface area contributed by atoms with Gasteiger partial charge < -0.3 is 10.3 Å². The minimum atomic E-state index is -0.468. The average Bonchev–Trinajstić information content (AvgIpc) is 2.99. The van der Waals surface area contributed by atoms with Gasteiger partial charge in [-0.25, -0.2) is 9.37 Å². The molecule has 6 heteroatoms. The summed E-state index contributed by atoms with van der Waals surface area (Å²) in [7, 11) is 0. The Bertz CT molecular complexity index is 816. The molecule has 1 heterocycles. The highest BCUT2D eigenvalue weighted by molar-refractivity contribution is 9.10. The molecule has 0 aliphatic carbocycles. The zero-order chi connectivity index (χ0) is 16.9. The van der Waals surface area contributed by atoms with E-state index in [0.717, 1.165) is 16.9 Å². The molecule has 1 aromatic heterocycles. The number of rotatable bonds is 6. The van der Waals surface area contributed by atoms with Crippen LogP contribution in [0.3, 0.4) is 0 Å². The third kappa shape index (κ3) is 4.00. The van der Waals surface area contributed by atoms with Crippen molar-refractivity contribution in [1.82, 2.24) is 15.3 Å². The number of H-pyrrole nitrogens is 1. The number of amides is 1. The first-order valence-electron chi connectivity index (χ1n) is 7.72. The summed E-state index contributed by atoms with van der Waals surface area (Å²) in [5.74, 6) is 0.378. The number of carbonyl (C=O) groups excluding carboxylic acids is 1. The third-order valence-electron chi connectivity index (χ3n) is 3.74. The molecule has 0 radical (unpaired) electrons. The topological polar surface area (TPSA) is 57.8 Å². The van der Waals surface area contributed by atoms with E-state index < -0.39 is 4.83 Å². The molecule has 1 unspecified atom stereocenters. The van der Waals surface area contributed by atoms with Crippen molar-refractivity contribution < 1.29 is 9.18 Å². The first-order valence-corrected chi connectivity index (χ1v) is 8.64. The number of nitrogens with one attached hydrogen (secondary N) is 2. The largest absolute Gasteiger partial charge is 0.355 e. The zero-order valence-electron chi connectivity index (χ0n) is 12.9. The van der Waals surface area contributed by atoms with Gasteiger partial charge in [-0.1, -0.05) is 46.3 Å². The van der Waals surface area contributed by atoms with Gasteiger partial charge in [0.2, 0.25) is 5.91 Å². The lowest BCUT2D eigenvalue weighted by atomic mass is 10.1. The molecule has 2 aromatic carbocycles. The van der Waals surface area contributed by atoms with E-state index in [2.05, 4.69) is 31.2 Å². The predicted octanol–water partition coefficient (Wildman–Crippen LogP) is 3.37. The van der Waals surface area contributed by atoms with E-state index >= 15 is 0 Å². The van der Waals surface area contributed by atoms with Gasteiger partial charge in [0.1, 0.15) is 11.6 Å². The number of alkyl halides is 1. The van der Waals surface area contributed by atoms with Crippen LogP contribution in [0.1, 0.15) is 11.4 Å². The number of nitrogens with zero attached hydrogens (tertiary/aromatic N) is 1. The van der Waals surface area contributed by atoms with Crippen molar-refractivity contribution in [2.24, 2.45) is 0 Å².